The second kappa shape index (κ2) is 8.39. The second-order valence-corrected chi connectivity index (χ2v) is 7.69. The van der Waals surface area contributed by atoms with Crippen LogP contribution < -0.4 is 5.32 Å². The van der Waals surface area contributed by atoms with E-state index in [9.17, 15) is 0 Å². The first-order valence-corrected chi connectivity index (χ1v) is 9.64. The number of likely N-dealkylation sites (tertiary alicyclic amines) is 1. The molecule has 0 spiro atoms. The highest BCUT2D eigenvalue weighted by molar-refractivity contribution is 6.30. The summed E-state index contributed by atoms with van der Waals surface area (Å²) < 4.78 is 7.60. The lowest BCUT2D eigenvalue weighted by atomic mass is 10.2. The number of nitrogens with one attached hydrogen (secondary N) is 1. The Morgan fingerprint density at radius 3 is 2.72 bits per heavy atom. The molecule has 1 fully saturated rings. The summed E-state index contributed by atoms with van der Waals surface area (Å²) in [5, 5.41) is 8.93. The maximum atomic E-state index is 6.55. The Morgan fingerprint density at radius 1 is 1.32 bits per heavy atom. The molecule has 1 aliphatic heterocycles. The van der Waals surface area contributed by atoms with Crippen LogP contribution in [0.4, 0.5) is 0 Å². The molecule has 138 valence electrons. The number of rotatable bonds is 8. The molecular weight excluding hydrogens is 336 g/mol. The first-order valence-electron chi connectivity index (χ1n) is 9.26. The lowest BCUT2D eigenvalue weighted by Crippen LogP contribution is -2.33. The van der Waals surface area contributed by atoms with E-state index in [4.69, 9.17) is 16.0 Å². The second-order valence-electron chi connectivity index (χ2n) is 7.34. The Balaban J connectivity index is 1.63. The van der Waals surface area contributed by atoms with E-state index < -0.39 is 0 Å². The van der Waals surface area contributed by atoms with Gasteiger partial charge in [-0.1, -0.05) is 25.4 Å². The Bertz CT molecular complexity index is 659. The van der Waals surface area contributed by atoms with Crippen molar-refractivity contribution in [2.75, 3.05) is 19.6 Å². The lowest BCUT2D eigenvalue weighted by Gasteiger charge is -2.26. The SMILES string of the molecule is Cc1nn(CC(C)C)c(Cl)c1CNC[C@@H](c1ccco1)N1CCCC1. The van der Waals surface area contributed by atoms with Gasteiger partial charge in [0, 0.05) is 25.2 Å². The summed E-state index contributed by atoms with van der Waals surface area (Å²) in [5.74, 6) is 1.56. The molecule has 0 radical (unpaired) electrons. The molecule has 1 N–H and O–H groups in total. The molecule has 3 heterocycles. The van der Waals surface area contributed by atoms with E-state index in [1.807, 2.05) is 17.7 Å². The molecule has 0 aromatic carbocycles. The summed E-state index contributed by atoms with van der Waals surface area (Å²) in [5.41, 5.74) is 2.11. The van der Waals surface area contributed by atoms with Crippen molar-refractivity contribution in [3.05, 3.63) is 40.6 Å². The third-order valence-corrected chi connectivity index (χ3v) is 5.24. The van der Waals surface area contributed by atoms with Gasteiger partial charge in [0.1, 0.15) is 10.9 Å². The van der Waals surface area contributed by atoms with E-state index in [0.717, 1.165) is 54.9 Å². The minimum Gasteiger partial charge on any atom is -0.468 e. The van der Waals surface area contributed by atoms with Gasteiger partial charge in [-0.2, -0.15) is 5.10 Å². The van der Waals surface area contributed by atoms with Crippen molar-refractivity contribution in [2.24, 2.45) is 5.92 Å². The number of hydrogen-bond acceptors (Lipinski definition) is 4. The number of aryl methyl sites for hydroxylation is 1. The zero-order valence-electron chi connectivity index (χ0n) is 15.5. The molecular formula is C19H29ClN4O. The predicted molar refractivity (Wildman–Crippen MR) is 101 cm³/mol. The van der Waals surface area contributed by atoms with Crippen molar-refractivity contribution in [3.8, 4) is 0 Å². The van der Waals surface area contributed by atoms with Crippen molar-refractivity contribution in [1.82, 2.24) is 20.0 Å². The van der Waals surface area contributed by atoms with Gasteiger partial charge >= 0.3 is 0 Å². The van der Waals surface area contributed by atoms with Crippen molar-refractivity contribution >= 4 is 11.6 Å². The average Bonchev–Trinajstić information content (AvgIpc) is 3.30. The van der Waals surface area contributed by atoms with E-state index in [-0.39, 0.29) is 6.04 Å². The monoisotopic (exact) mass is 364 g/mol. The van der Waals surface area contributed by atoms with Crippen LogP contribution in [0.25, 0.3) is 0 Å². The summed E-state index contributed by atoms with van der Waals surface area (Å²) in [7, 11) is 0. The summed E-state index contributed by atoms with van der Waals surface area (Å²) in [6.45, 7) is 11.1. The van der Waals surface area contributed by atoms with Gasteiger partial charge < -0.3 is 9.73 Å². The minimum atomic E-state index is 0.280. The molecule has 0 unspecified atom stereocenters. The summed E-state index contributed by atoms with van der Waals surface area (Å²) in [4.78, 5) is 2.50. The van der Waals surface area contributed by atoms with Crippen LogP contribution in [0.3, 0.4) is 0 Å². The molecule has 0 amide bonds. The zero-order valence-corrected chi connectivity index (χ0v) is 16.2. The maximum absolute atomic E-state index is 6.55. The normalized spacial score (nSPS) is 16.8. The Morgan fingerprint density at radius 2 is 2.08 bits per heavy atom. The lowest BCUT2D eigenvalue weighted by molar-refractivity contribution is 0.209. The molecule has 5 nitrogen and oxygen atoms in total. The standard InChI is InChI=1S/C19H29ClN4O/c1-14(2)13-24-19(20)16(15(3)22-24)11-21-12-17(18-7-6-10-25-18)23-8-4-5-9-23/h6-7,10,14,17,21H,4-5,8-9,11-13H2,1-3H3/t17-/m0/s1. The largest absolute Gasteiger partial charge is 0.468 e. The number of halogens is 1. The molecule has 25 heavy (non-hydrogen) atoms. The van der Waals surface area contributed by atoms with Crippen LogP contribution in [0.15, 0.2) is 22.8 Å². The van der Waals surface area contributed by atoms with Gasteiger partial charge in [-0.15, -0.1) is 0 Å². The van der Waals surface area contributed by atoms with E-state index in [1.54, 1.807) is 6.26 Å². The van der Waals surface area contributed by atoms with Crippen LogP contribution in [-0.4, -0.2) is 34.3 Å². The highest BCUT2D eigenvalue weighted by Gasteiger charge is 2.25. The third kappa shape index (κ3) is 4.46. The van der Waals surface area contributed by atoms with Gasteiger partial charge in [0.25, 0.3) is 0 Å². The number of furan rings is 1. The van der Waals surface area contributed by atoms with Gasteiger partial charge in [0.2, 0.25) is 0 Å². The van der Waals surface area contributed by atoms with Gasteiger partial charge in [-0.25, -0.2) is 0 Å². The fourth-order valence-electron chi connectivity index (χ4n) is 3.54. The minimum absolute atomic E-state index is 0.280. The molecule has 0 aliphatic carbocycles. The van der Waals surface area contributed by atoms with Gasteiger partial charge in [-0.05, 0) is 50.9 Å². The smallest absolute Gasteiger partial charge is 0.131 e. The third-order valence-electron chi connectivity index (χ3n) is 4.81. The van der Waals surface area contributed by atoms with Crippen molar-refractivity contribution in [2.45, 2.75) is 52.7 Å². The highest BCUT2D eigenvalue weighted by atomic mass is 35.5. The fraction of sp³-hybridized carbons (Fsp3) is 0.632. The molecule has 1 aliphatic rings. The van der Waals surface area contributed by atoms with E-state index >= 15 is 0 Å². The Hall–Kier alpha value is -1.30. The van der Waals surface area contributed by atoms with E-state index in [2.05, 4.69) is 35.2 Å². The van der Waals surface area contributed by atoms with E-state index in [1.165, 1.54) is 12.8 Å². The number of nitrogens with zero attached hydrogens (tertiary/aromatic N) is 3. The fourth-order valence-corrected chi connectivity index (χ4v) is 3.85. The molecule has 2 aromatic rings. The Kier molecular flexibility index (Phi) is 6.20. The molecule has 3 rings (SSSR count). The molecule has 1 atom stereocenters. The topological polar surface area (TPSA) is 46.2 Å². The van der Waals surface area contributed by atoms with Gasteiger partial charge in [0.05, 0.1) is 18.0 Å². The number of hydrogen-bond donors (Lipinski definition) is 1. The van der Waals surface area contributed by atoms with Crippen LogP contribution in [0, 0.1) is 12.8 Å². The number of aromatic nitrogens is 2. The van der Waals surface area contributed by atoms with Gasteiger partial charge in [0.15, 0.2) is 0 Å². The van der Waals surface area contributed by atoms with Crippen LogP contribution in [0.1, 0.15) is 49.7 Å². The van der Waals surface area contributed by atoms with Crippen LogP contribution in [0.5, 0.6) is 0 Å². The van der Waals surface area contributed by atoms with Crippen LogP contribution in [0.2, 0.25) is 5.15 Å². The summed E-state index contributed by atoms with van der Waals surface area (Å²) in [6, 6.07) is 4.32. The predicted octanol–water partition coefficient (Wildman–Crippen LogP) is 4.02. The van der Waals surface area contributed by atoms with Crippen molar-refractivity contribution in [1.29, 1.82) is 0 Å². The summed E-state index contributed by atoms with van der Waals surface area (Å²) in [6.07, 6.45) is 4.30. The van der Waals surface area contributed by atoms with Crippen LogP contribution in [-0.2, 0) is 13.1 Å². The average molecular weight is 365 g/mol. The zero-order chi connectivity index (χ0) is 17.8. The highest BCUT2D eigenvalue weighted by Crippen LogP contribution is 2.26. The maximum Gasteiger partial charge on any atom is 0.131 e. The molecule has 2 aromatic heterocycles. The quantitative estimate of drug-likeness (QED) is 0.768. The van der Waals surface area contributed by atoms with Crippen molar-refractivity contribution < 1.29 is 4.42 Å². The molecule has 1 saturated heterocycles. The Labute approximate surface area is 155 Å². The van der Waals surface area contributed by atoms with Gasteiger partial charge in [-0.3, -0.25) is 9.58 Å². The molecule has 0 bridgehead atoms. The molecule has 0 saturated carbocycles. The first kappa shape index (κ1) is 18.5. The van der Waals surface area contributed by atoms with E-state index in [0.29, 0.717) is 5.92 Å². The van der Waals surface area contributed by atoms with Crippen LogP contribution >= 0.6 is 11.6 Å². The van der Waals surface area contributed by atoms with Crippen molar-refractivity contribution in [3.63, 3.8) is 0 Å². The molecule has 6 heteroatoms. The first-order chi connectivity index (χ1) is 12.1. The summed E-state index contributed by atoms with van der Waals surface area (Å²) >= 11 is 6.55.